The van der Waals surface area contributed by atoms with Crippen LogP contribution < -0.4 is 5.32 Å². The number of ether oxygens (including phenoxy) is 1. The summed E-state index contributed by atoms with van der Waals surface area (Å²) >= 11 is 1.55. The first-order valence-electron chi connectivity index (χ1n) is 6.42. The molecule has 0 amide bonds. The van der Waals surface area contributed by atoms with Gasteiger partial charge < -0.3 is 10.1 Å². The molecule has 5 nitrogen and oxygen atoms in total. The van der Waals surface area contributed by atoms with E-state index in [1.165, 1.54) is 0 Å². The fraction of sp³-hybridized carbons (Fsp3) is 0.750. The highest BCUT2D eigenvalue weighted by atomic mass is 32.1. The first-order valence-corrected chi connectivity index (χ1v) is 7.24. The van der Waals surface area contributed by atoms with Gasteiger partial charge in [0.1, 0.15) is 5.01 Å². The first kappa shape index (κ1) is 13.3. The van der Waals surface area contributed by atoms with Crippen LogP contribution in [0.25, 0.3) is 0 Å². The standard InChI is InChI=1S/C12H19N3O2S/c1-3-17-11(16)9-5-4-6-10(7-9)13-12-15-14-8(2)18-12/h9-10H,3-7H2,1-2H3,(H,13,15). The molecule has 0 radical (unpaired) electrons. The van der Waals surface area contributed by atoms with Gasteiger partial charge in [-0.15, -0.1) is 10.2 Å². The van der Waals surface area contributed by atoms with Crippen molar-refractivity contribution in [1.29, 1.82) is 0 Å². The summed E-state index contributed by atoms with van der Waals surface area (Å²) < 4.78 is 5.09. The summed E-state index contributed by atoms with van der Waals surface area (Å²) in [5, 5.41) is 13.2. The molecule has 18 heavy (non-hydrogen) atoms. The fourth-order valence-electron chi connectivity index (χ4n) is 2.32. The van der Waals surface area contributed by atoms with Crippen LogP contribution >= 0.6 is 11.3 Å². The van der Waals surface area contributed by atoms with Gasteiger partial charge >= 0.3 is 5.97 Å². The number of anilines is 1. The Kier molecular flexibility index (Phi) is 4.52. The SMILES string of the molecule is CCOC(=O)C1CCCC(Nc2nnc(C)s2)C1. The molecule has 1 aliphatic carbocycles. The van der Waals surface area contributed by atoms with Crippen LogP contribution in [0.15, 0.2) is 0 Å². The predicted octanol–water partition coefficient (Wildman–Crippen LogP) is 2.38. The molecule has 2 atom stereocenters. The molecule has 0 aliphatic heterocycles. The molecule has 1 aromatic rings. The summed E-state index contributed by atoms with van der Waals surface area (Å²) in [5.74, 6) is -0.0253. The van der Waals surface area contributed by atoms with Gasteiger partial charge in [0.2, 0.25) is 5.13 Å². The molecule has 2 rings (SSSR count). The lowest BCUT2D eigenvalue weighted by atomic mass is 9.86. The Hall–Kier alpha value is -1.17. The smallest absolute Gasteiger partial charge is 0.308 e. The fourth-order valence-corrected chi connectivity index (χ4v) is 2.99. The minimum atomic E-state index is -0.0579. The van der Waals surface area contributed by atoms with Gasteiger partial charge in [-0.05, 0) is 33.1 Å². The summed E-state index contributed by atoms with van der Waals surface area (Å²) in [7, 11) is 0. The molecule has 0 saturated heterocycles. The van der Waals surface area contributed by atoms with Gasteiger partial charge in [0.25, 0.3) is 0 Å². The number of aryl methyl sites for hydroxylation is 1. The number of carbonyl (C=O) groups is 1. The van der Waals surface area contributed by atoms with Crippen LogP contribution in [0.5, 0.6) is 0 Å². The zero-order valence-electron chi connectivity index (χ0n) is 10.8. The largest absolute Gasteiger partial charge is 0.466 e. The van der Waals surface area contributed by atoms with Gasteiger partial charge in [-0.25, -0.2) is 0 Å². The maximum absolute atomic E-state index is 11.7. The second-order valence-electron chi connectivity index (χ2n) is 4.58. The van der Waals surface area contributed by atoms with Gasteiger partial charge in [-0.3, -0.25) is 4.79 Å². The maximum Gasteiger partial charge on any atom is 0.308 e. The summed E-state index contributed by atoms with van der Waals surface area (Å²) in [4.78, 5) is 11.7. The second-order valence-corrected chi connectivity index (χ2v) is 5.76. The van der Waals surface area contributed by atoms with E-state index in [9.17, 15) is 4.79 Å². The van der Waals surface area contributed by atoms with Crippen LogP contribution in [0.3, 0.4) is 0 Å². The molecule has 1 aliphatic rings. The van der Waals surface area contributed by atoms with E-state index in [1.54, 1.807) is 11.3 Å². The number of esters is 1. The highest BCUT2D eigenvalue weighted by Crippen LogP contribution is 2.28. The van der Waals surface area contributed by atoms with Crippen molar-refractivity contribution in [3.8, 4) is 0 Å². The van der Waals surface area contributed by atoms with Gasteiger partial charge in [0.05, 0.1) is 12.5 Å². The van der Waals surface area contributed by atoms with Crippen molar-refractivity contribution in [1.82, 2.24) is 10.2 Å². The minimum Gasteiger partial charge on any atom is -0.466 e. The van der Waals surface area contributed by atoms with Crippen LogP contribution in [-0.2, 0) is 9.53 Å². The predicted molar refractivity (Wildman–Crippen MR) is 70.6 cm³/mol. The van der Waals surface area contributed by atoms with Crippen molar-refractivity contribution in [3.05, 3.63) is 5.01 Å². The van der Waals surface area contributed by atoms with Crippen molar-refractivity contribution < 1.29 is 9.53 Å². The number of nitrogens with zero attached hydrogens (tertiary/aromatic N) is 2. The Labute approximate surface area is 111 Å². The van der Waals surface area contributed by atoms with Crippen molar-refractivity contribution in [2.45, 2.75) is 45.6 Å². The molecule has 1 N–H and O–H groups in total. The molecule has 0 aromatic carbocycles. The van der Waals surface area contributed by atoms with E-state index >= 15 is 0 Å². The van der Waals surface area contributed by atoms with Crippen LogP contribution in [-0.4, -0.2) is 28.8 Å². The number of hydrogen-bond acceptors (Lipinski definition) is 6. The third-order valence-corrected chi connectivity index (χ3v) is 3.92. The van der Waals surface area contributed by atoms with Gasteiger partial charge in [0.15, 0.2) is 0 Å². The summed E-state index contributed by atoms with van der Waals surface area (Å²) in [6.45, 7) is 4.24. The molecule has 0 bridgehead atoms. The summed E-state index contributed by atoms with van der Waals surface area (Å²) in [5.41, 5.74) is 0. The quantitative estimate of drug-likeness (QED) is 0.850. The van der Waals surface area contributed by atoms with Crippen LogP contribution in [0.2, 0.25) is 0 Å². The van der Waals surface area contributed by atoms with E-state index in [2.05, 4.69) is 15.5 Å². The van der Waals surface area contributed by atoms with Gasteiger partial charge in [-0.1, -0.05) is 17.8 Å². The first-order chi connectivity index (χ1) is 8.69. The average molecular weight is 269 g/mol. The molecule has 100 valence electrons. The van der Waals surface area contributed by atoms with Gasteiger partial charge in [0, 0.05) is 6.04 Å². The summed E-state index contributed by atoms with van der Waals surface area (Å²) in [6.07, 6.45) is 3.90. The molecule has 1 heterocycles. The van der Waals surface area contributed by atoms with Crippen LogP contribution in [0.4, 0.5) is 5.13 Å². The number of nitrogens with one attached hydrogen (secondary N) is 1. The number of hydrogen-bond donors (Lipinski definition) is 1. The minimum absolute atomic E-state index is 0.0326. The molecule has 2 unspecified atom stereocenters. The molecule has 1 aromatic heterocycles. The number of rotatable bonds is 4. The van der Waals surface area contributed by atoms with E-state index in [0.29, 0.717) is 12.6 Å². The molecule has 1 fully saturated rings. The van der Waals surface area contributed by atoms with E-state index in [4.69, 9.17) is 4.74 Å². The van der Waals surface area contributed by atoms with E-state index in [-0.39, 0.29) is 11.9 Å². The van der Waals surface area contributed by atoms with Crippen molar-refractivity contribution in [2.24, 2.45) is 5.92 Å². The Bertz CT molecular complexity index is 408. The highest BCUT2D eigenvalue weighted by Gasteiger charge is 2.28. The lowest BCUT2D eigenvalue weighted by Gasteiger charge is -2.28. The summed E-state index contributed by atoms with van der Waals surface area (Å²) in [6, 6.07) is 0.306. The van der Waals surface area contributed by atoms with Crippen molar-refractivity contribution in [3.63, 3.8) is 0 Å². The highest BCUT2D eigenvalue weighted by molar-refractivity contribution is 7.15. The van der Waals surface area contributed by atoms with Crippen LogP contribution in [0.1, 0.15) is 37.6 Å². The Balaban J connectivity index is 1.88. The van der Waals surface area contributed by atoms with E-state index in [1.807, 2.05) is 13.8 Å². The molecule has 0 spiro atoms. The lowest BCUT2D eigenvalue weighted by molar-refractivity contribution is -0.149. The number of aromatic nitrogens is 2. The Morgan fingerprint density at radius 3 is 3.00 bits per heavy atom. The molecule has 6 heteroatoms. The Morgan fingerprint density at radius 2 is 2.33 bits per heavy atom. The third kappa shape index (κ3) is 3.41. The van der Waals surface area contributed by atoms with Gasteiger partial charge in [-0.2, -0.15) is 0 Å². The second kappa shape index (κ2) is 6.13. The van der Waals surface area contributed by atoms with Crippen LogP contribution in [0, 0.1) is 12.8 Å². The van der Waals surface area contributed by atoms with E-state index in [0.717, 1.165) is 35.8 Å². The topological polar surface area (TPSA) is 64.1 Å². The normalized spacial score (nSPS) is 23.7. The van der Waals surface area contributed by atoms with E-state index < -0.39 is 0 Å². The van der Waals surface area contributed by atoms with Crippen molar-refractivity contribution in [2.75, 3.05) is 11.9 Å². The average Bonchev–Trinajstić information content (AvgIpc) is 2.75. The Morgan fingerprint density at radius 1 is 1.50 bits per heavy atom. The third-order valence-electron chi connectivity index (χ3n) is 3.15. The monoisotopic (exact) mass is 269 g/mol. The molecular formula is C12H19N3O2S. The molecular weight excluding hydrogens is 250 g/mol. The zero-order valence-corrected chi connectivity index (χ0v) is 11.6. The lowest BCUT2D eigenvalue weighted by Crippen LogP contribution is -2.32. The molecule has 1 saturated carbocycles. The number of carbonyl (C=O) groups excluding carboxylic acids is 1. The maximum atomic E-state index is 11.7. The zero-order chi connectivity index (χ0) is 13.0. The van der Waals surface area contributed by atoms with Crippen molar-refractivity contribution >= 4 is 22.4 Å².